The van der Waals surface area contributed by atoms with E-state index in [0.717, 1.165) is 11.3 Å². The number of nitrogens with one attached hydrogen (secondary N) is 1. The zero-order valence-corrected chi connectivity index (χ0v) is 20.9. The Kier molecular flexibility index (Phi) is 7.82. The maximum Gasteiger partial charge on any atom is 0.338 e. The summed E-state index contributed by atoms with van der Waals surface area (Å²) in [4.78, 5) is 51.8. The van der Waals surface area contributed by atoms with Gasteiger partial charge < -0.3 is 15.0 Å². The van der Waals surface area contributed by atoms with Crippen LogP contribution in [0.3, 0.4) is 0 Å². The average Bonchev–Trinajstić information content (AvgIpc) is 3.20. The number of carbonyl (C=O) groups is 3. The van der Waals surface area contributed by atoms with E-state index in [2.05, 4.69) is 5.32 Å². The number of nitrogens with zero attached hydrogens (tertiary/aromatic N) is 3. The van der Waals surface area contributed by atoms with Gasteiger partial charge in [0.05, 0.1) is 28.7 Å². The van der Waals surface area contributed by atoms with Crippen molar-refractivity contribution in [3.05, 3.63) is 68.0 Å². The Morgan fingerprint density at radius 2 is 1.81 bits per heavy atom. The first kappa shape index (κ1) is 25.5. The van der Waals surface area contributed by atoms with Gasteiger partial charge in [-0.05, 0) is 37.3 Å². The molecular formula is C24H23ClN4O6S. The van der Waals surface area contributed by atoms with E-state index in [9.17, 15) is 24.5 Å². The first-order valence-corrected chi connectivity index (χ1v) is 12.4. The number of non-ortho nitro benzene ring substituents is 1. The number of thiophene rings is 1. The van der Waals surface area contributed by atoms with Crippen LogP contribution in [0.15, 0.2) is 42.5 Å². The molecule has 10 nitrogen and oxygen atoms in total. The highest BCUT2D eigenvalue weighted by Gasteiger charge is 2.27. The second-order valence-corrected chi connectivity index (χ2v) is 9.53. The number of hydrogen-bond donors (Lipinski definition) is 1. The van der Waals surface area contributed by atoms with Crippen LogP contribution in [0.25, 0.3) is 10.1 Å². The van der Waals surface area contributed by atoms with Crippen LogP contribution in [0.1, 0.15) is 27.0 Å². The van der Waals surface area contributed by atoms with Gasteiger partial charge in [0.2, 0.25) is 5.91 Å². The molecule has 4 rings (SSSR count). The summed E-state index contributed by atoms with van der Waals surface area (Å²) in [5.74, 6) is -0.844. The topological polar surface area (TPSA) is 122 Å². The molecule has 0 spiro atoms. The Labute approximate surface area is 215 Å². The summed E-state index contributed by atoms with van der Waals surface area (Å²) in [5, 5.41) is 14.8. The monoisotopic (exact) mass is 530 g/mol. The number of benzene rings is 2. The minimum absolute atomic E-state index is 0.0544. The van der Waals surface area contributed by atoms with E-state index >= 15 is 0 Å². The number of carbonyl (C=O) groups excluding carboxylic acids is 3. The Morgan fingerprint density at radius 3 is 2.44 bits per heavy atom. The van der Waals surface area contributed by atoms with Crippen molar-refractivity contribution in [2.45, 2.75) is 6.92 Å². The Morgan fingerprint density at radius 1 is 1.11 bits per heavy atom. The average molecular weight is 531 g/mol. The molecule has 2 amide bonds. The maximum atomic E-state index is 13.1. The first-order chi connectivity index (χ1) is 17.3. The smallest absolute Gasteiger partial charge is 0.338 e. The van der Waals surface area contributed by atoms with E-state index in [4.69, 9.17) is 16.3 Å². The van der Waals surface area contributed by atoms with Crippen molar-refractivity contribution < 1.29 is 24.0 Å². The largest absolute Gasteiger partial charge is 0.462 e. The number of fused-ring (bicyclic) bond motifs is 1. The lowest BCUT2D eigenvalue weighted by molar-refractivity contribution is -0.384. The molecule has 1 aliphatic heterocycles. The molecule has 3 aromatic rings. The van der Waals surface area contributed by atoms with Crippen LogP contribution in [0.4, 0.5) is 11.4 Å². The third kappa shape index (κ3) is 5.64. The zero-order chi connectivity index (χ0) is 25.8. The zero-order valence-electron chi connectivity index (χ0n) is 19.4. The number of nitro benzene ring substituents is 1. The molecule has 0 atom stereocenters. The van der Waals surface area contributed by atoms with Crippen LogP contribution >= 0.6 is 22.9 Å². The predicted octanol–water partition coefficient (Wildman–Crippen LogP) is 4.04. The van der Waals surface area contributed by atoms with Gasteiger partial charge in [0.25, 0.3) is 11.6 Å². The normalized spacial score (nSPS) is 14.0. The van der Waals surface area contributed by atoms with Gasteiger partial charge in [0.15, 0.2) is 0 Å². The van der Waals surface area contributed by atoms with Crippen LogP contribution in [-0.2, 0) is 9.53 Å². The number of amides is 2. The third-order valence-corrected chi connectivity index (χ3v) is 7.37. The molecule has 2 heterocycles. The Hall–Kier alpha value is -3.54. The SMILES string of the molecule is CCOC(=O)c1ccc(NC(=O)CN2CCN(C(=O)c3sc4cc([N+](=O)[O-])ccc4c3Cl)CC2)cc1. The molecule has 0 unspecified atom stereocenters. The Balaban J connectivity index is 1.31. The minimum Gasteiger partial charge on any atom is -0.462 e. The summed E-state index contributed by atoms with van der Waals surface area (Å²) in [6, 6.07) is 10.8. The van der Waals surface area contributed by atoms with E-state index in [0.29, 0.717) is 57.4 Å². The summed E-state index contributed by atoms with van der Waals surface area (Å²) in [7, 11) is 0. The highest BCUT2D eigenvalue weighted by Crippen LogP contribution is 2.38. The summed E-state index contributed by atoms with van der Waals surface area (Å²) < 4.78 is 5.53. The fraction of sp³-hybridized carbons (Fsp3) is 0.292. The summed E-state index contributed by atoms with van der Waals surface area (Å²) in [5.41, 5.74) is 0.926. The molecule has 0 saturated carbocycles. The van der Waals surface area contributed by atoms with Crippen molar-refractivity contribution in [3.63, 3.8) is 0 Å². The molecule has 12 heteroatoms. The molecule has 1 N–H and O–H groups in total. The number of hydrogen-bond acceptors (Lipinski definition) is 8. The van der Waals surface area contributed by atoms with Crippen molar-refractivity contribution in [1.82, 2.24) is 9.80 Å². The molecule has 36 heavy (non-hydrogen) atoms. The fourth-order valence-electron chi connectivity index (χ4n) is 3.87. The number of rotatable bonds is 7. The van der Waals surface area contributed by atoms with Gasteiger partial charge in [-0.3, -0.25) is 24.6 Å². The first-order valence-electron chi connectivity index (χ1n) is 11.2. The van der Waals surface area contributed by atoms with Crippen molar-refractivity contribution in [3.8, 4) is 0 Å². The van der Waals surface area contributed by atoms with E-state index in [-0.39, 0.29) is 30.7 Å². The standard InChI is InChI=1S/C24H23ClN4O6S/c1-2-35-24(32)15-3-5-16(6-4-15)26-20(30)14-27-9-11-28(12-10-27)23(31)22-21(25)18-8-7-17(29(33)34)13-19(18)36-22/h3-8,13H,2,9-12,14H2,1H3,(H,26,30). The number of nitro groups is 1. The van der Waals surface area contributed by atoms with Crippen molar-refractivity contribution in [2.75, 3.05) is 44.6 Å². The summed E-state index contributed by atoms with van der Waals surface area (Å²) >= 11 is 7.57. The molecule has 1 aliphatic rings. The second-order valence-electron chi connectivity index (χ2n) is 8.10. The number of esters is 1. The van der Waals surface area contributed by atoms with Crippen LogP contribution in [0.5, 0.6) is 0 Å². The van der Waals surface area contributed by atoms with E-state index < -0.39 is 10.9 Å². The lowest BCUT2D eigenvalue weighted by atomic mass is 10.2. The maximum absolute atomic E-state index is 13.1. The van der Waals surface area contributed by atoms with Gasteiger partial charge in [-0.2, -0.15) is 0 Å². The summed E-state index contributed by atoms with van der Waals surface area (Å²) in [6.07, 6.45) is 0. The van der Waals surface area contributed by atoms with Gasteiger partial charge in [0.1, 0.15) is 4.88 Å². The minimum atomic E-state index is -0.484. The van der Waals surface area contributed by atoms with Crippen LogP contribution in [0.2, 0.25) is 5.02 Å². The number of ether oxygens (including phenoxy) is 1. The number of halogens is 1. The molecule has 1 fully saturated rings. The lowest BCUT2D eigenvalue weighted by Crippen LogP contribution is -2.50. The quantitative estimate of drug-likeness (QED) is 0.278. The van der Waals surface area contributed by atoms with Crippen LogP contribution in [-0.4, -0.2) is 71.8 Å². The van der Waals surface area contributed by atoms with Crippen molar-refractivity contribution in [2.24, 2.45) is 0 Å². The van der Waals surface area contributed by atoms with Crippen molar-refractivity contribution in [1.29, 1.82) is 0 Å². The van der Waals surface area contributed by atoms with Crippen LogP contribution in [0, 0.1) is 10.1 Å². The van der Waals surface area contributed by atoms with Gasteiger partial charge in [-0.15, -0.1) is 11.3 Å². The molecule has 0 bridgehead atoms. The highest BCUT2D eigenvalue weighted by atomic mass is 35.5. The lowest BCUT2D eigenvalue weighted by Gasteiger charge is -2.34. The Bertz CT molecular complexity index is 1320. The molecule has 0 radical (unpaired) electrons. The van der Waals surface area contributed by atoms with Crippen LogP contribution < -0.4 is 5.32 Å². The highest BCUT2D eigenvalue weighted by molar-refractivity contribution is 7.21. The molecule has 1 saturated heterocycles. The van der Waals surface area contributed by atoms with Gasteiger partial charge in [-0.25, -0.2) is 4.79 Å². The molecule has 0 aliphatic carbocycles. The summed E-state index contributed by atoms with van der Waals surface area (Å²) in [6.45, 7) is 4.05. The molecule has 2 aromatic carbocycles. The van der Waals surface area contributed by atoms with Gasteiger partial charge in [0, 0.05) is 54.1 Å². The second kappa shape index (κ2) is 11.0. The van der Waals surface area contributed by atoms with Gasteiger partial charge in [-0.1, -0.05) is 11.6 Å². The van der Waals surface area contributed by atoms with E-state index in [1.54, 1.807) is 42.2 Å². The predicted molar refractivity (Wildman–Crippen MR) is 137 cm³/mol. The molecular weight excluding hydrogens is 508 g/mol. The molecule has 1 aromatic heterocycles. The van der Waals surface area contributed by atoms with E-state index in [1.807, 2.05) is 4.90 Å². The third-order valence-electron chi connectivity index (χ3n) is 5.72. The number of piperazine rings is 1. The number of anilines is 1. The fourth-order valence-corrected chi connectivity index (χ4v) is 5.38. The van der Waals surface area contributed by atoms with Gasteiger partial charge >= 0.3 is 5.97 Å². The van der Waals surface area contributed by atoms with Crippen molar-refractivity contribution >= 4 is 62.2 Å². The van der Waals surface area contributed by atoms with E-state index in [1.165, 1.54) is 12.1 Å². The molecule has 188 valence electrons.